The summed E-state index contributed by atoms with van der Waals surface area (Å²) in [6.45, 7) is 5.48. The van der Waals surface area contributed by atoms with Crippen LogP contribution >= 0.6 is 11.6 Å². The molecule has 0 aromatic heterocycles. The van der Waals surface area contributed by atoms with Crippen molar-refractivity contribution >= 4 is 23.5 Å². The summed E-state index contributed by atoms with van der Waals surface area (Å²) in [4.78, 5) is 20.9. The molecule has 3 atom stereocenters. The molecule has 2 aliphatic heterocycles. The second-order valence-electron chi connectivity index (χ2n) is 8.26. The number of amides is 1. The first-order valence-electron chi connectivity index (χ1n) is 10.7. The van der Waals surface area contributed by atoms with Gasteiger partial charge in [0.2, 0.25) is 5.91 Å². The van der Waals surface area contributed by atoms with Crippen molar-refractivity contribution in [3.05, 3.63) is 34.9 Å². The van der Waals surface area contributed by atoms with E-state index >= 15 is 0 Å². The van der Waals surface area contributed by atoms with Crippen LogP contribution in [-0.2, 0) is 4.79 Å². The zero-order valence-electron chi connectivity index (χ0n) is 17.8. The molecule has 0 aliphatic carbocycles. The number of hydrogen-bond acceptors (Lipinski definition) is 3. The van der Waals surface area contributed by atoms with Crippen LogP contribution < -0.4 is 10.6 Å². The van der Waals surface area contributed by atoms with Gasteiger partial charge in [-0.05, 0) is 63.4 Å². The molecule has 0 radical (unpaired) electrons. The lowest BCUT2D eigenvalue weighted by Gasteiger charge is -2.39. The Balaban J connectivity index is 1.70. The van der Waals surface area contributed by atoms with Crippen molar-refractivity contribution in [3.8, 4) is 0 Å². The van der Waals surface area contributed by atoms with Crippen LogP contribution in [0.4, 0.5) is 0 Å². The maximum Gasteiger partial charge on any atom is 0.222 e. The lowest BCUT2D eigenvalue weighted by Crippen LogP contribution is -2.52. The van der Waals surface area contributed by atoms with E-state index in [9.17, 15) is 4.79 Å². The highest BCUT2D eigenvalue weighted by molar-refractivity contribution is 6.30. The molecule has 1 aromatic rings. The first-order valence-corrected chi connectivity index (χ1v) is 11.1. The van der Waals surface area contributed by atoms with E-state index in [1.807, 2.05) is 19.2 Å². The summed E-state index contributed by atoms with van der Waals surface area (Å²) in [5.41, 5.74) is 1.27. The number of piperidine rings is 2. The first-order chi connectivity index (χ1) is 14.0. The number of likely N-dealkylation sites (N-methyl/N-ethyl adjacent to an activating group) is 1. The standard InChI is InChI=1S/C22H34ClN5O/c1-4-24-22(26-19-10-11-20(29)28(3)15-19)25-14-17-8-6-12-27(2)21(17)16-7-5-9-18(23)13-16/h5,7,9,13,17,19,21H,4,6,8,10-12,14-15H2,1-3H3,(H2,24,25,26). The molecule has 7 heteroatoms. The number of guanidine groups is 1. The van der Waals surface area contributed by atoms with E-state index in [0.29, 0.717) is 18.4 Å². The SMILES string of the molecule is CCNC(=NCC1CCCN(C)C1c1cccc(Cl)c1)NC1CCC(=O)N(C)C1. The number of likely N-dealkylation sites (tertiary alicyclic amines) is 2. The Labute approximate surface area is 179 Å². The molecular weight excluding hydrogens is 386 g/mol. The summed E-state index contributed by atoms with van der Waals surface area (Å²) in [6.07, 6.45) is 3.79. The van der Waals surface area contributed by atoms with Crippen molar-refractivity contribution in [1.82, 2.24) is 20.4 Å². The van der Waals surface area contributed by atoms with Crippen LogP contribution in [-0.4, -0.2) is 68.0 Å². The fourth-order valence-corrected chi connectivity index (χ4v) is 4.72. The maximum absolute atomic E-state index is 11.7. The van der Waals surface area contributed by atoms with E-state index in [1.165, 1.54) is 12.0 Å². The molecule has 0 spiro atoms. The van der Waals surface area contributed by atoms with E-state index in [0.717, 1.165) is 50.0 Å². The van der Waals surface area contributed by atoms with Gasteiger partial charge >= 0.3 is 0 Å². The van der Waals surface area contributed by atoms with Crippen LogP contribution in [0.5, 0.6) is 0 Å². The van der Waals surface area contributed by atoms with Gasteiger partial charge in [-0.25, -0.2) is 0 Å². The van der Waals surface area contributed by atoms with Crippen LogP contribution in [0.25, 0.3) is 0 Å². The highest BCUT2D eigenvalue weighted by Gasteiger charge is 2.31. The second-order valence-corrected chi connectivity index (χ2v) is 8.69. The van der Waals surface area contributed by atoms with Crippen LogP contribution in [0.3, 0.4) is 0 Å². The molecular formula is C22H34ClN5O. The fraction of sp³-hybridized carbons (Fsp3) is 0.636. The Kier molecular flexibility index (Phi) is 7.78. The molecule has 2 N–H and O–H groups in total. The third-order valence-corrected chi connectivity index (χ3v) is 6.23. The molecule has 3 rings (SSSR count). The minimum atomic E-state index is 0.222. The highest BCUT2D eigenvalue weighted by atomic mass is 35.5. The summed E-state index contributed by atoms with van der Waals surface area (Å²) in [5.74, 6) is 1.51. The molecule has 1 aromatic carbocycles. The van der Waals surface area contributed by atoms with Crippen molar-refractivity contribution in [1.29, 1.82) is 0 Å². The minimum Gasteiger partial charge on any atom is -0.357 e. The second kappa shape index (κ2) is 10.3. The van der Waals surface area contributed by atoms with Crippen molar-refractivity contribution in [2.75, 3.05) is 40.3 Å². The Morgan fingerprint density at radius 3 is 2.86 bits per heavy atom. The molecule has 2 saturated heterocycles. The number of halogens is 1. The van der Waals surface area contributed by atoms with Crippen molar-refractivity contribution in [2.45, 2.75) is 44.7 Å². The number of aliphatic imine (C=N–C) groups is 1. The van der Waals surface area contributed by atoms with E-state index in [-0.39, 0.29) is 11.9 Å². The van der Waals surface area contributed by atoms with Crippen LogP contribution in [0.15, 0.2) is 29.3 Å². The molecule has 3 unspecified atom stereocenters. The van der Waals surface area contributed by atoms with Gasteiger partial charge in [-0.3, -0.25) is 14.7 Å². The fourth-order valence-electron chi connectivity index (χ4n) is 4.52. The van der Waals surface area contributed by atoms with Gasteiger partial charge < -0.3 is 15.5 Å². The third kappa shape index (κ3) is 5.86. The van der Waals surface area contributed by atoms with E-state index in [2.05, 4.69) is 41.6 Å². The average Bonchev–Trinajstić information content (AvgIpc) is 2.69. The molecule has 1 amide bonds. The molecule has 2 aliphatic rings. The van der Waals surface area contributed by atoms with Gasteiger partial charge in [-0.15, -0.1) is 0 Å². The van der Waals surface area contributed by atoms with Gasteiger partial charge in [0.05, 0.1) is 0 Å². The molecule has 160 valence electrons. The average molecular weight is 420 g/mol. The predicted molar refractivity (Wildman–Crippen MR) is 119 cm³/mol. The van der Waals surface area contributed by atoms with Gasteiger partial charge in [0.1, 0.15) is 0 Å². The monoisotopic (exact) mass is 419 g/mol. The summed E-state index contributed by atoms with van der Waals surface area (Å²) in [7, 11) is 4.06. The smallest absolute Gasteiger partial charge is 0.222 e. The number of hydrogen-bond donors (Lipinski definition) is 2. The van der Waals surface area contributed by atoms with Crippen molar-refractivity contribution < 1.29 is 4.79 Å². The zero-order valence-corrected chi connectivity index (χ0v) is 18.6. The van der Waals surface area contributed by atoms with Gasteiger partial charge in [0, 0.05) is 50.2 Å². The minimum absolute atomic E-state index is 0.222. The largest absolute Gasteiger partial charge is 0.357 e. The lowest BCUT2D eigenvalue weighted by molar-refractivity contribution is -0.132. The summed E-state index contributed by atoms with van der Waals surface area (Å²) < 4.78 is 0. The van der Waals surface area contributed by atoms with Gasteiger partial charge in [-0.2, -0.15) is 0 Å². The Morgan fingerprint density at radius 2 is 2.14 bits per heavy atom. The molecule has 2 fully saturated rings. The maximum atomic E-state index is 11.7. The molecule has 6 nitrogen and oxygen atoms in total. The number of nitrogens with one attached hydrogen (secondary N) is 2. The van der Waals surface area contributed by atoms with Gasteiger partial charge in [0.15, 0.2) is 5.96 Å². The third-order valence-electron chi connectivity index (χ3n) is 5.99. The van der Waals surface area contributed by atoms with Gasteiger partial charge in [-0.1, -0.05) is 23.7 Å². The zero-order chi connectivity index (χ0) is 20.8. The Hall–Kier alpha value is -1.79. The van der Waals surface area contributed by atoms with Crippen LogP contribution in [0, 0.1) is 5.92 Å². The number of rotatable bonds is 5. The predicted octanol–water partition coefficient (Wildman–Crippen LogP) is 2.90. The molecule has 0 bridgehead atoms. The van der Waals surface area contributed by atoms with E-state index < -0.39 is 0 Å². The highest BCUT2D eigenvalue weighted by Crippen LogP contribution is 2.36. The van der Waals surface area contributed by atoms with Crippen LogP contribution in [0.1, 0.15) is 44.2 Å². The number of benzene rings is 1. The Morgan fingerprint density at radius 1 is 1.31 bits per heavy atom. The molecule has 2 heterocycles. The van der Waals surface area contributed by atoms with E-state index in [4.69, 9.17) is 16.6 Å². The van der Waals surface area contributed by atoms with Crippen molar-refractivity contribution in [3.63, 3.8) is 0 Å². The lowest BCUT2D eigenvalue weighted by atomic mass is 9.85. The van der Waals surface area contributed by atoms with E-state index in [1.54, 1.807) is 4.90 Å². The first kappa shape index (κ1) is 21.9. The molecule has 0 saturated carbocycles. The quantitative estimate of drug-likeness (QED) is 0.569. The summed E-state index contributed by atoms with van der Waals surface area (Å²) in [5, 5.41) is 7.69. The summed E-state index contributed by atoms with van der Waals surface area (Å²) >= 11 is 6.26. The van der Waals surface area contributed by atoms with Crippen molar-refractivity contribution in [2.24, 2.45) is 10.9 Å². The number of nitrogens with zero attached hydrogens (tertiary/aromatic N) is 3. The summed E-state index contributed by atoms with van der Waals surface area (Å²) in [6, 6.07) is 8.80. The molecule has 29 heavy (non-hydrogen) atoms. The van der Waals surface area contributed by atoms with Gasteiger partial charge in [0.25, 0.3) is 0 Å². The normalized spacial score (nSPS) is 26.5. The number of carbonyl (C=O) groups is 1. The topological polar surface area (TPSA) is 60.0 Å². The Bertz CT molecular complexity index is 725. The number of carbonyl (C=O) groups excluding carboxylic acids is 1. The van der Waals surface area contributed by atoms with Crippen LogP contribution in [0.2, 0.25) is 5.02 Å².